The quantitative estimate of drug-likeness (QED) is 0.00787. The number of anilines is 3. The first-order chi connectivity index (χ1) is 56.3. The maximum Gasteiger partial charge on any atom is 0.337 e. The van der Waals surface area contributed by atoms with Crippen LogP contribution >= 0.6 is 57.4 Å². The molecule has 3 heterocycles. The van der Waals surface area contributed by atoms with E-state index in [1.54, 1.807) is 103 Å². The summed E-state index contributed by atoms with van der Waals surface area (Å²) in [6, 6.07) is 60.0. The standard InChI is InChI=1S/C30H34ClNO6.C29H32ClNO7.C21H24ClIO5.C8H9NO2.CH5N/c1-3-25(33)19-6-5-7-22(16-19)32-17-26-27(34)28(35)29(36)30(38-26)20-10-13-24(31)21(15-20)14-18-8-11-23(12-9-18)37-4-2;1-3-37-22-10-7-17(8-11-22)13-20-14-18(9-12-23(20)30)28-27(34)26(33)25(32)24(38-28)16-31-21-6-4-5-19(15-21)29(35)36-2;1-2-27-15-6-3-12(4-7-15)9-14-10-13(5-8-16(14)22)21-20(26)19(25)18(24)17(11-23)28-21;1-11-8(10)6-3-2-4-7(9)5-6;1-2/h5-13,15-16,26-30,32,34-36H,3-4,14,17H2,1-2H3;4-12,14-15,24-28,31-34H,3,13,16H2,1-2H3;3-8,10,17-21,24-26H,2,9,11H2,1H3;2-5H,9H2,1H3;2H2,1H3/t26-,27-,28+,29-,30+;24-,25-,26+,27-,28+;17-,18-,19+,20-,21+;;/m111../s1. The maximum atomic E-state index is 12.0. The summed E-state index contributed by atoms with van der Waals surface area (Å²) in [4.78, 5) is 34.8. The highest BCUT2D eigenvalue weighted by Crippen LogP contribution is 2.39. The summed E-state index contributed by atoms with van der Waals surface area (Å²) < 4.78 is 44.3. The predicted molar refractivity (Wildman–Crippen MR) is 460 cm³/mol. The minimum absolute atomic E-state index is 0.0324. The number of benzene rings is 9. The van der Waals surface area contributed by atoms with E-state index in [1.807, 2.05) is 125 Å². The van der Waals surface area contributed by atoms with Crippen LogP contribution in [0.2, 0.25) is 15.1 Å². The van der Waals surface area contributed by atoms with Crippen molar-refractivity contribution < 1.29 is 98.2 Å². The Hall–Kier alpha value is -8.53. The van der Waals surface area contributed by atoms with Gasteiger partial charge in [-0.25, -0.2) is 9.59 Å². The number of halogens is 4. The van der Waals surface area contributed by atoms with Crippen LogP contribution in [0.5, 0.6) is 17.2 Å². The van der Waals surface area contributed by atoms with Gasteiger partial charge in [-0.2, -0.15) is 0 Å². The number of ether oxygens (including phenoxy) is 8. The van der Waals surface area contributed by atoms with Crippen LogP contribution in [0.1, 0.15) is 134 Å². The molecule has 3 aliphatic rings. The van der Waals surface area contributed by atoms with Crippen LogP contribution in [-0.4, -0.2) is 196 Å². The SMILES string of the molecule is CCOc1ccc(Cc2cc([C@@H]3O[C@H](CI)[C@@H](O)[C@H](O)[C@H]3O)ccc2Cl)cc1.CCOc1ccc(Cc2cc([C@@H]3O[C@H](CNc4cccc(C(=O)CC)c4)[C@@H](O)[C@H](O)[C@H]3O)ccc2Cl)cc1.CCOc1ccc(Cc2cc([C@@H]3O[C@H](CNc4cccc(C(=O)OC)c4)[C@@H](O)[C@H](O)[C@H]3O)ccc2Cl)cc1.CN.COC(=O)c1cccc(N)c1. The van der Waals surface area contributed by atoms with Crippen molar-refractivity contribution in [1.82, 2.24) is 0 Å². The highest BCUT2D eigenvalue weighted by atomic mass is 127. The number of aliphatic hydroxyl groups is 9. The number of carbonyl (C=O) groups excluding carboxylic acids is 3. The highest BCUT2D eigenvalue weighted by Gasteiger charge is 2.47. The predicted octanol–water partition coefficient (Wildman–Crippen LogP) is 12.2. The average Bonchev–Trinajstić information content (AvgIpc) is 0.788. The van der Waals surface area contributed by atoms with E-state index in [2.05, 4.69) is 43.7 Å². The van der Waals surface area contributed by atoms with Crippen molar-refractivity contribution in [3.63, 3.8) is 0 Å². The molecule has 15 N–H and O–H groups in total. The topological polar surface area (TPSA) is 383 Å². The summed E-state index contributed by atoms with van der Waals surface area (Å²) in [5, 5.41) is 103. The largest absolute Gasteiger partial charge is 0.494 e. The number of nitrogen functional groups attached to an aromatic ring is 1. The second-order valence-electron chi connectivity index (χ2n) is 27.5. The monoisotopic (exact) mass is 1780 g/mol. The van der Waals surface area contributed by atoms with Crippen LogP contribution in [0.25, 0.3) is 0 Å². The van der Waals surface area contributed by atoms with E-state index in [0.29, 0.717) is 110 Å². The molecule has 9 aromatic carbocycles. The van der Waals surface area contributed by atoms with E-state index in [4.69, 9.17) is 73.7 Å². The fraction of sp³-hybridized carbons (Fsp3) is 0.360. The minimum Gasteiger partial charge on any atom is -0.494 e. The molecule has 3 aliphatic heterocycles. The van der Waals surface area contributed by atoms with E-state index >= 15 is 0 Å². The van der Waals surface area contributed by atoms with Crippen molar-refractivity contribution in [3.8, 4) is 17.2 Å². The zero-order chi connectivity index (χ0) is 85.0. The van der Waals surface area contributed by atoms with Crippen molar-refractivity contribution in [2.75, 3.05) is 75.0 Å². The van der Waals surface area contributed by atoms with Gasteiger partial charge in [-0.15, -0.1) is 0 Å². The number of carbonyl (C=O) groups is 3. The molecule has 0 bridgehead atoms. The van der Waals surface area contributed by atoms with Gasteiger partial charge in [0, 0.05) is 61.6 Å². The molecule has 3 saturated heterocycles. The Bertz CT molecular complexity index is 4420. The number of hydrogen-bond acceptors (Lipinski definition) is 24. The lowest BCUT2D eigenvalue weighted by Gasteiger charge is -2.41. The number of hydrogen-bond donors (Lipinski definition) is 13. The van der Waals surface area contributed by atoms with Gasteiger partial charge in [0.15, 0.2) is 5.78 Å². The van der Waals surface area contributed by atoms with Gasteiger partial charge in [-0.3, -0.25) is 4.79 Å². The van der Waals surface area contributed by atoms with Crippen molar-refractivity contribution in [2.24, 2.45) is 5.73 Å². The number of rotatable bonds is 26. The third kappa shape index (κ3) is 26.2. The summed E-state index contributed by atoms with van der Waals surface area (Å²) >= 11 is 21.5. The molecule has 0 aliphatic carbocycles. The van der Waals surface area contributed by atoms with E-state index in [-0.39, 0.29) is 24.8 Å². The first-order valence-corrected chi connectivity index (χ1v) is 40.9. The third-order valence-corrected chi connectivity index (χ3v) is 21.5. The molecule has 628 valence electrons. The van der Waals surface area contributed by atoms with Crippen LogP contribution in [-0.2, 0) is 42.9 Å². The third-order valence-electron chi connectivity index (χ3n) is 19.5. The number of Topliss-reactive ketones (excluding diaryl/α,β-unsaturated/α-hetero) is 1. The van der Waals surface area contributed by atoms with Crippen molar-refractivity contribution in [1.29, 1.82) is 0 Å². The molecule has 0 saturated carbocycles. The number of alkyl halides is 1. The summed E-state index contributed by atoms with van der Waals surface area (Å²) in [7, 11) is 4.15. The zero-order valence-corrected chi connectivity index (χ0v) is 70.4. The van der Waals surface area contributed by atoms with Gasteiger partial charge in [0.25, 0.3) is 0 Å². The van der Waals surface area contributed by atoms with Gasteiger partial charge in [-0.05, 0) is 200 Å². The Labute approximate surface area is 710 Å². The number of esters is 2. The van der Waals surface area contributed by atoms with Crippen LogP contribution in [0, 0.1) is 0 Å². The molecule has 0 aromatic heterocycles. The lowest BCUT2D eigenvalue weighted by molar-refractivity contribution is -0.220. The normalized spacial score (nSPS) is 22.5. The molecule has 3 fully saturated rings. The summed E-state index contributed by atoms with van der Waals surface area (Å²) in [6.07, 6.45) is -14.3. The van der Waals surface area contributed by atoms with Gasteiger partial charge in [-0.1, -0.05) is 161 Å². The van der Waals surface area contributed by atoms with E-state index in [9.17, 15) is 60.3 Å². The Morgan fingerprint density at radius 2 is 0.718 bits per heavy atom. The molecule has 0 spiro atoms. The summed E-state index contributed by atoms with van der Waals surface area (Å²) in [5.41, 5.74) is 21.0. The molecule has 24 nitrogen and oxygen atoms in total. The molecular formula is C89H104Cl3IN4O20. The molecule has 0 radical (unpaired) electrons. The van der Waals surface area contributed by atoms with Crippen molar-refractivity contribution >= 4 is 92.2 Å². The Morgan fingerprint density at radius 1 is 0.402 bits per heavy atom. The first-order valence-electron chi connectivity index (χ1n) is 38.2. The van der Waals surface area contributed by atoms with E-state index in [1.165, 1.54) is 21.3 Å². The van der Waals surface area contributed by atoms with Gasteiger partial charge >= 0.3 is 11.9 Å². The number of ketones is 1. The second-order valence-corrected chi connectivity index (χ2v) is 29.6. The number of nitrogens with two attached hydrogens (primary N) is 2. The second kappa shape index (κ2) is 46.7. The number of nitrogens with one attached hydrogen (secondary N) is 2. The Balaban J connectivity index is 0.000000205. The van der Waals surface area contributed by atoms with Crippen LogP contribution in [0.15, 0.2) is 200 Å². The summed E-state index contributed by atoms with van der Waals surface area (Å²) in [5.74, 6) is 1.61. The minimum atomic E-state index is -1.42. The fourth-order valence-corrected chi connectivity index (χ4v) is 14.5. The van der Waals surface area contributed by atoms with Gasteiger partial charge < -0.3 is 106 Å². The van der Waals surface area contributed by atoms with Crippen LogP contribution < -0.4 is 36.3 Å². The highest BCUT2D eigenvalue weighted by molar-refractivity contribution is 14.1. The van der Waals surface area contributed by atoms with Crippen LogP contribution in [0.3, 0.4) is 0 Å². The molecule has 0 amide bonds. The van der Waals surface area contributed by atoms with Gasteiger partial charge in [0.2, 0.25) is 0 Å². The van der Waals surface area contributed by atoms with Crippen molar-refractivity contribution in [2.45, 2.75) is 145 Å². The molecule has 28 heteroatoms. The van der Waals surface area contributed by atoms with E-state index in [0.717, 1.165) is 56.2 Å². The van der Waals surface area contributed by atoms with Crippen LogP contribution in [0.4, 0.5) is 17.1 Å². The van der Waals surface area contributed by atoms with Gasteiger partial charge in [0.05, 0.1) is 51.3 Å². The molecular weight excluding hydrogens is 1680 g/mol. The molecule has 0 unspecified atom stereocenters. The molecule has 117 heavy (non-hydrogen) atoms. The molecule has 12 rings (SSSR count). The lowest BCUT2D eigenvalue weighted by atomic mass is 9.90. The molecule has 9 aromatic rings. The first kappa shape index (κ1) is 94.0. The van der Waals surface area contributed by atoms with Crippen molar-refractivity contribution in [3.05, 3.63) is 282 Å². The average molecular weight is 1780 g/mol. The number of aliphatic hydroxyl groups excluding tert-OH is 9. The summed E-state index contributed by atoms with van der Waals surface area (Å²) in [6.45, 7) is 9.71. The Morgan fingerprint density at radius 3 is 1.04 bits per heavy atom. The lowest BCUT2D eigenvalue weighted by Crippen LogP contribution is -2.56. The fourth-order valence-electron chi connectivity index (χ4n) is 13.2. The zero-order valence-electron chi connectivity index (χ0n) is 66.0. The Kier molecular flexibility index (Phi) is 37.5. The smallest absolute Gasteiger partial charge is 0.337 e. The maximum absolute atomic E-state index is 12.0. The van der Waals surface area contributed by atoms with E-state index < -0.39 is 97.5 Å². The number of methoxy groups -OCH3 is 2. The molecule has 15 atom stereocenters. The van der Waals surface area contributed by atoms with Gasteiger partial charge in [0.1, 0.15) is 103 Å².